The van der Waals surface area contributed by atoms with E-state index in [4.69, 9.17) is 4.74 Å². The Balaban J connectivity index is 2.05. The summed E-state index contributed by atoms with van der Waals surface area (Å²) in [5, 5.41) is 48.9. The summed E-state index contributed by atoms with van der Waals surface area (Å²) in [7, 11) is 0. The summed E-state index contributed by atoms with van der Waals surface area (Å²) < 4.78 is 5.75. The zero-order valence-corrected chi connectivity index (χ0v) is 11.8. The number of benzene rings is 2. The first-order valence-electron chi connectivity index (χ1n) is 6.79. The predicted octanol–water partition coefficient (Wildman–Crippen LogP) is 1.85. The minimum atomic E-state index is -0.939. The van der Waals surface area contributed by atoms with Crippen molar-refractivity contribution >= 4 is 0 Å². The van der Waals surface area contributed by atoms with Crippen molar-refractivity contribution < 1.29 is 30.3 Å². The Morgan fingerprint density at radius 3 is 2.36 bits per heavy atom. The molecule has 22 heavy (non-hydrogen) atoms. The molecule has 6 heteroatoms. The van der Waals surface area contributed by atoms with Gasteiger partial charge in [-0.3, -0.25) is 0 Å². The lowest BCUT2D eigenvalue weighted by Crippen LogP contribution is -2.30. The molecule has 0 unspecified atom stereocenters. The molecule has 5 N–H and O–H groups in total. The number of hydrogen-bond donors (Lipinski definition) is 5. The topological polar surface area (TPSA) is 110 Å². The van der Waals surface area contributed by atoms with Crippen LogP contribution in [0, 0.1) is 6.92 Å². The first-order chi connectivity index (χ1) is 10.4. The van der Waals surface area contributed by atoms with Crippen LogP contribution in [0.4, 0.5) is 0 Å². The molecule has 2 aromatic carbocycles. The number of aliphatic hydroxyl groups is 1. The Kier molecular flexibility index (Phi) is 3.26. The van der Waals surface area contributed by atoms with Crippen molar-refractivity contribution in [2.24, 2.45) is 0 Å². The molecule has 1 aliphatic heterocycles. The van der Waals surface area contributed by atoms with E-state index in [0.717, 1.165) is 0 Å². The Bertz CT molecular complexity index is 740. The van der Waals surface area contributed by atoms with Gasteiger partial charge in [-0.15, -0.1) is 0 Å². The van der Waals surface area contributed by atoms with E-state index in [-0.39, 0.29) is 29.4 Å². The van der Waals surface area contributed by atoms with Crippen molar-refractivity contribution in [1.82, 2.24) is 0 Å². The average Bonchev–Trinajstić information content (AvgIpc) is 2.47. The van der Waals surface area contributed by atoms with Gasteiger partial charge in [0.05, 0.1) is 6.10 Å². The fourth-order valence-corrected chi connectivity index (χ4v) is 2.67. The summed E-state index contributed by atoms with van der Waals surface area (Å²) >= 11 is 0. The van der Waals surface area contributed by atoms with E-state index in [0.29, 0.717) is 22.4 Å². The highest BCUT2D eigenvalue weighted by Gasteiger charge is 2.33. The Labute approximate surface area is 126 Å². The van der Waals surface area contributed by atoms with Crippen LogP contribution < -0.4 is 4.74 Å². The molecule has 6 nitrogen and oxygen atoms in total. The summed E-state index contributed by atoms with van der Waals surface area (Å²) in [4.78, 5) is 0. The number of phenolic OH excluding ortho intramolecular Hbond substituents is 4. The number of rotatable bonds is 1. The van der Waals surface area contributed by atoms with Crippen molar-refractivity contribution in [1.29, 1.82) is 0 Å². The van der Waals surface area contributed by atoms with Gasteiger partial charge in [-0.2, -0.15) is 0 Å². The summed E-state index contributed by atoms with van der Waals surface area (Å²) in [6, 6.07) is 5.37. The summed E-state index contributed by atoms with van der Waals surface area (Å²) in [5.41, 5.74) is 1.38. The molecule has 0 saturated heterocycles. The van der Waals surface area contributed by atoms with Crippen LogP contribution in [0.15, 0.2) is 24.3 Å². The Hall–Kier alpha value is -2.60. The first-order valence-corrected chi connectivity index (χ1v) is 6.79. The molecule has 1 heterocycles. The third-order valence-electron chi connectivity index (χ3n) is 3.92. The second-order valence-corrected chi connectivity index (χ2v) is 5.41. The van der Waals surface area contributed by atoms with Gasteiger partial charge in [0.2, 0.25) is 0 Å². The zero-order valence-electron chi connectivity index (χ0n) is 11.8. The highest BCUT2D eigenvalue weighted by Crippen LogP contribution is 2.45. The summed E-state index contributed by atoms with van der Waals surface area (Å²) in [6.45, 7) is 1.65. The number of ether oxygens (including phenoxy) is 1. The molecule has 0 amide bonds. The van der Waals surface area contributed by atoms with E-state index in [9.17, 15) is 25.5 Å². The summed E-state index contributed by atoms with van der Waals surface area (Å²) in [5.74, 6) is -0.486. The molecule has 2 atom stereocenters. The fraction of sp³-hybridized carbons (Fsp3) is 0.250. The molecule has 0 aromatic heterocycles. The molecule has 0 radical (unpaired) electrons. The van der Waals surface area contributed by atoms with Crippen molar-refractivity contribution in [2.45, 2.75) is 25.6 Å². The second kappa shape index (κ2) is 4.99. The number of phenols is 4. The average molecular weight is 304 g/mol. The van der Waals surface area contributed by atoms with Crippen molar-refractivity contribution in [2.75, 3.05) is 0 Å². The van der Waals surface area contributed by atoms with E-state index in [1.165, 1.54) is 24.3 Å². The SMILES string of the molecule is Cc1c(O)cc(O)c2c1O[C@H](c1ccc(O)c(O)c1)[C@H](O)C2. The Morgan fingerprint density at radius 2 is 1.68 bits per heavy atom. The Morgan fingerprint density at radius 1 is 0.955 bits per heavy atom. The van der Waals surface area contributed by atoms with Crippen molar-refractivity contribution in [3.63, 3.8) is 0 Å². The second-order valence-electron chi connectivity index (χ2n) is 5.41. The van der Waals surface area contributed by atoms with Gasteiger partial charge in [0, 0.05) is 23.6 Å². The molecule has 0 bridgehead atoms. The van der Waals surface area contributed by atoms with Gasteiger partial charge >= 0.3 is 0 Å². The monoisotopic (exact) mass is 304 g/mol. The van der Waals surface area contributed by atoms with Crippen LogP contribution in [-0.2, 0) is 6.42 Å². The highest BCUT2D eigenvalue weighted by molar-refractivity contribution is 5.57. The highest BCUT2D eigenvalue weighted by atomic mass is 16.5. The lowest BCUT2D eigenvalue weighted by Gasteiger charge is -2.32. The van der Waals surface area contributed by atoms with Crippen LogP contribution in [0.2, 0.25) is 0 Å². The van der Waals surface area contributed by atoms with Crippen LogP contribution in [0.3, 0.4) is 0 Å². The molecular formula is C16H16O6. The van der Waals surface area contributed by atoms with E-state index < -0.39 is 12.2 Å². The molecule has 0 aliphatic carbocycles. The van der Waals surface area contributed by atoms with Gasteiger partial charge in [-0.05, 0) is 24.6 Å². The van der Waals surface area contributed by atoms with E-state index in [1.807, 2.05) is 0 Å². The van der Waals surface area contributed by atoms with Crippen molar-refractivity contribution in [3.05, 3.63) is 41.0 Å². The number of hydrogen-bond acceptors (Lipinski definition) is 6. The minimum absolute atomic E-state index is 0.0973. The predicted molar refractivity (Wildman–Crippen MR) is 77.4 cm³/mol. The number of fused-ring (bicyclic) bond motifs is 1. The van der Waals surface area contributed by atoms with Gasteiger partial charge in [-0.25, -0.2) is 0 Å². The van der Waals surface area contributed by atoms with Crippen LogP contribution in [0.25, 0.3) is 0 Å². The standard InChI is InChI=1S/C16H16O6/c1-7-11(18)6-12(19)9-5-14(21)16(22-15(7)9)8-2-3-10(17)13(20)4-8/h2-4,6,14,16-21H,5H2,1H3/t14-,16-/m1/s1. The quantitative estimate of drug-likeness (QED) is 0.514. The minimum Gasteiger partial charge on any atom is -0.507 e. The molecule has 116 valence electrons. The van der Waals surface area contributed by atoms with E-state index in [1.54, 1.807) is 6.92 Å². The largest absolute Gasteiger partial charge is 0.507 e. The smallest absolute Gasteiger partial charge is 0.157 e. The van der Waals surface area contributed by atoms with Crippen LogP contribution >= 0.6 is 0 Å². The maximum atomic E-state index is 10.3. The van der Waals surface area contributed by atoms with Crippen LogP contribution in [-0.4, -0.2) is 31.6 Å². The van der Waals surface area contributed by atoms with Gasteiger partial charge in [0.15, 0.2) is 11.5 Å². The molecule has 0 saturated carbocycles. The van der Waals surface area contributed by atoms with Gasteiger partial charge in [-0.1, -0.05) is 6.07 Å². The number of aliphatic hydroxyl groups excluding tert-OH is 1. The fourth-order valence-electron chi connectivity index (χ4n) is 2.67. The molecule has 0 fully saturated rings. The van der Waals surface area contributed by atoms with Crippen LogP contribution in [0.1, 0.15) is 22.8 Å². The van der Waals surface area contributed by atoms with Gasteiger partial charge in [0.1, 0.15) is 23.4 Å². The summed E-state index contributed by atoms with van der Waals surface area (Å²) in [6.07, 6.45) is -1.57. The van der Waals surface area contributed by atoms with Gasteiger partial charge in [0.25, 0.3) is 0 Å². The molecule has 0 spiro atoms. The molecule has 2 aromatic rings. The normalized spacial score (nSPS) is 20.3. The maximum absolute atomic E-state index is 10.3. The van der Waals surface area contributed by atoms with Crippen LogP contribution in [0.5, 0.6) is 28.7 Å². The lowest BCUT2D eigenvalue weighted by molar-refractivity contribution is 0.0191. The molecule has 3 rings (SSSR count). The zero-order chi connectivity index (χ0) is 16.0. The molecule has 1 aliphatic rings. The molecular weight excluding hydrogens is 288 g/mol. The van der Waals surface area contributed by atoms with Gasteiger partial charge < -0.3 is 30.3 Å². The first kappa shape index (κ1) is 14.3. The van der Waals surface area contributed by atoms with Crippen molar-refractivity contribution in [3.8, 4) is 28.7 Å². The van der Waals surface area contributed by atoms with E-state index >= 15 is 0 Å². The number of aromatic hydroxyl groups is 4. The van der Waals surface area contributed by atoms with E-state index in [2.05, 4.69) is 0 Å². The lowest BCUT2D eigenvalue weighted by atomic mass is 9.92. The third kappa shape index (κ3) is 2.17. The maximum Gasteiger partial charge on any atom is 0.157 e. The third-order valence-corrected chi connectivity index (χ3v) is 3.92.